The number of piperidine rings is 1. The summed E-state index contributed by atoms with van der Waals surface area (Å²) in [5, 5.41) is 17.4. The molecule has 1 aromatic rings. The van der Waals surface area contributed by atoms with E-state index < -0.39 is 4.92 Å². The summed E-state index contributed by atoms with van der Waals surface area (Å²) >= 11 is 5.85. The van der Waals surface area contributed by atoms with Crippen molar-refractivity contribution >= 4 is 23.0 Å². The number of rotatable bonds is 3. The van der Waals surface area contributed by atoms with Crippen molar-refractivity contribution in [2.75, 3.05) is 18.4 Å². The lowest BCUT2D eigenvalue weighted by Gasteiger charge is -2.24. The standard InChI is InChI=1S/C11H14ClN3O2/c12-10-7-9(1-2-11(10)15(16)17)14-8-3-5-13-6-4-8/h1-2,7-8,13-14H,3-6H2. The highest BCUT2D eigenvalue weighted by Crippen LogP contribution is 2.27. The fourth-order valence-electron chi connectivity index (χ4n) is 1.95. The first kappa shape index (κ1) is 12.1. The van der Waals surface area contributed by atoms with Gasteiger partial charge in [-0.3, -0.25) is 10.1 Å². The third-order valence-electron chi connectivity index (χ3n) is 2.85. The second kappa shape index (κ2) is 5.33. The number of anilines is 1. The Morgan fingerprint density at radius 3 is 2.71 bits per heavy atom. The van der Waals surface area contributed by atoms with E-state index in [0.717, 1.165) is 31.6 Å². The molecule has 0 bridgehead atoms. The predicted molar refractivity (Wildman–Crippen MR) is 67.6 cm³/mol. The highest BCUT2D eigenvalue weighted by molar-refractivity contribution is 6.32. The number of hydrogen-bond donors (Lipinski definition) is 2. The topological polar surface area (TPSA) is 67.2 Å². The molecule has 0 amide bonds. The zero-order valence-electron chi connectivity index (χ0n) is 9.28. The van der Waals surface area contributed by atoms with Crippen LogP contribution in [0.5, 0.6) is 0 Å². The van der Waals surface area contributed by atoms with Crippen LogP contribution in [0, 0.1) is 10.1 Å². The van der Waals surface area contributed by atoms with E-state index in [1.54, 1.807) is 12.1 Å². The minimum Gasteiger partial charge on any atom is -0.382 e. The maximum absolute atomic E-state index is 10.6. The molecule has 2 N–H and O–H groups in total. The molecule has 0 aliphatic carbocycles. The fraction of sp³-hybridized carbons (Fsp3) is 0.455. The lowest BCUT2D eigenvalue weighted by Crippen LogP contribution is -2.35. The average Bonchev–Trinajstić information content (AvgIpc) is 2.30. The molecule has 0 atom stereocenters. The molecule has 0 aromatic heterocycles. The SMILES string of the molecule is O=[N+]([O-])c1ccc(NC2CCNCC2)cc1Cl. The van der Waals surface area contributed by atoms with Gasteiger partial charge in [-0.15, -0.1) is 0 Å². The smallest absolute Gasteiger partial charge is 0.288 e. The number of hydrogen-bond acceptors (Lipinski definition) is 4. The monoisotopic (exact) mass is 255 g/mol. The maximum atomic E-state index is 10.6. The number of halogens is 1. The number of nitro groups is 1. The highest BCUT2D eigenvalue weighted by Gasteiger charge is 2.15. The zero-order chi connectivity index (χ0) is 12.3. The van der Waals surface area contributed by atoms with Gasteiger partial charge < -0.3 is 10.6 Å². The van der Waals surface area contributed by atoms with E-state index in [4.69, 9.17) is 11.6 Å². The molecule has 0 unspecified atom stereocenters. The van der Waals surface area contributed by atoms with Gasteiger partial charge in [-0.05, 0) is 38.1 Å². The van der Waals surface area contributed by atoms with Crippen molar-refractivity contribution in [3.05, 3.63) is 33.3 Å². The second-order valence-electron chi connectivity index (χ2n) is 4.09. The molecular formula is C11H14ClN3O2. The van der Waals surface area contributed by atoms with Gasteiger partial charge >= 0.3 is 0 Å². The van der Waals surface area contributed by atoms with Gasteiger partial charge in [0, 0.05) is 17.8 Å². The Kier molecular flexibility index (Phi) is 3.81. The number of nitrogens with zero attached hydrogens (tertiary/aromatic N) is 1. The summed E-state index contributed by atoms with van der Waals surface area (Å²) in [5.41, 5.74) is 0.787. The van der Waals surface area contributed by atoms with Crippen LogP contribution in [0.15, 0.2) is 18.2 Å². The normalized spacial score (nSPS) is 16.8. The predicted octanol–water partition coefficient (Wildman–Crippen LogP) is 2.41. The molecule has 6 heteroatoms. The van der Waals surface area contributed by atoms with E-state index >= 15 is 0 Å². The third kappa shape index (κ3) is 3.08. The van der Waals surface area contributed by atoms with Gasteiger partial charge in [0.25, 0.3) is 5.69 Å². The third-order valence-corrected chi connectivity index (χ3v) is 3.16. The molecule has 1 heterocycles. The van der Waals surface area contributed by atoms with Gasteiger partial charge in [-0.25, -0.2) is 0 Å². The average molecular weight is 256 g/mol. The van der Waals surface area contributed by atoms with Crippen molar-refractivity contribution in [3.8, 4) is 0 Å². The van der Waals surface area contributed by atoms with E-state index in [2.05, 4.69) is 10.6 Å². The molecule has 1 fully saturated rings. The van der Waals surface area contributed by atoms with Crippen LogP contribution in [0.4, 0.5) is 11.4 Å². The Morgan fingerprint density at radius 2 is 2.12 bits per heavy atom. The molecule has 17 heavy (non-hydrogen) atoms. The van der Waals surface area contributed by atoms with E-state index in [1.165, 1.54) is 6.07 Å². The first-order chi connectivity index (χ1) is 8.16. The van der Waals surface area contributed by atoms with Crippen LogP contribution in [-0.2, 0) is 0 Å². The Labute approximate surface area is 104 Å². The summed E-state index contributed by atoms with van der Waals surface area (Å²) in [6.45, 7) is 2.00. The van der Waals surface area contributed by atoms with Crippen LogP contribution in [0.2, 0.25) is 5.02 Å². The van der Waals surface area contributed by atoms with Gasteiger partial charge in [0.2, 0.25) is 0 Å². The van der Waals surface area contributed by atoms with Gasteiger partial charge in [0.05, 0.1) is 4.92 Å². The minimum absolute atomic E-state index is 0.0532. The van der Waals surface area contributed by atoms with Crippen molar-refractivity contribution in [2.45, 2.75) is 18.9 Å². The van der Waals surface area contributed by atoms with E-state index in [0.29, 0.717) is 6.04 Å². The van der Waals surface area contributed by atoms with Crippen molar-refractivity contribution in [1.82, 2.24) is 5.32 Å². The summed E-state index contributed by atoms with van der Waals surface area (Å²) in [6.07, 6.45) is 2.10. The molecule has 1 aliphatic heterocycles. The summed E-state index contributed by atoms with van der Waals surface area (Å²) in [4.78, 5) is 10.1. The fourth-order valence-corrected chi connectivity index (χ4v) is 2.20. The first-order valence-corrected chi connectivity index (χ1v) is 5.96. The summed E-state index contributed by atoms with van der Waals surface area (Å²) in [7, 11) is 0. The zero-order valence-corrected chi connectivity index (χ0v) is 10.0. The van der Waals surface area contributed by atoms with Gasteiger partial charge in [-0.2, -0.15) is 0 Å². The number of nitro benzene ring substituents is 1. The van der Waals surface area contributed by atoms with E-state index in [9.17, 15) is 10.1 Å². The quantitative estimate of drug-likeness (QED) is 0.643. The Hall–Kier alpha value is -1.33. The van der Waals surface area contributed by atoms with Crippen molar-refractivity contribution in [1.29, 1.82) is 0 Å². The lowest BCUT2D eigenvalue weighted by molar-refractivity contribution is -0.384. The van der Waals surface area contributed by atoms with Crippen LogP contribution in [-0.4, -0.2) is 24.1 Å². The molecular weight excluding hydrogens is 242 g/mol. The molecule has 5 nitrogen and oxygen atoms in total. The molecule has 1 aromatic carbocycles. The lowest BCUT2D eigenvalue weighted by atomic mass is 10.1. The Morgan fingerprint density at radius 1 is 1.41 bits per heavy atom. The first-order valence-electron chi connectivity index (χ1n) is 5.58. The van der Waals surface area contributed by atoms with Gasteiger partial charge in [-0.1, -0.05) is 11.6 Å². The minimum atomic E-state index is -0.476. The van der Waals surface area contributed by atoms with Crippen LogP contribution >= 0.6 is 11.6 Å². The summed E-state index contributed by atoms with van der Waals surface area (Å²) < 4.78 is 0. The Balaban J connectivity index is 2.06. The summed E-state index contributed by atoms with van der Waals surface area (Å²) in [6, 6.07) is 5.16. The van der Waals surface area contributed by atoms with Crippen molar-refractivity contribution in [2.24, 2.45) is 0 Å². The maximum Gasteiger partial charge on any atom is 0.288 e. The van der Waals surface area contributed by atoms with E-state index in [-0.39, 0.29) is 10.7 Å². The van der Waals surface area contributed by atoms with Crippen LogP contribution < -0.4 is 10.6 Å². The number of nitrogens with one attached hydrogen (secondary N) is 2. The number of benzene rings is 1. The molecule has 92 valence electrons. The van der Waals surface area contributed by atoms with Crippen LogP contribution in [0.1, 0.15) is 12.8 Å². The molecule has 0 radical (unpaired) electrons. The summed E-state index contributed by atoms with van der Waals surface area (Å²) in [5.74, 6) is 0. The largest absolute Gasteiger partial charge is 0.382 e. The molecule has 0 spiro atoms. The highest BCUT2D eigenvalue weighted by atomic mass is 35.5. The van der Waals surface area contributed by atoms with Crippen LogP contribution in [0.25, 0.3) is 0 Å². The van der Waals surface area contributed by atoms with Crippen molar-refractivity contribution < 1.29 is 4.92 Å². The van der Waals surface area contributed by atoms with E-state index in [1.807, 2.05) is 0 Å². The van der Waals surface area contributed by atoms with Gasteiger partial charge in [0.1, 0.15) is 5.02 Å². The second-order valence-corrected chi connectivity index (χ2v) is 4.50. The van der Waals surface area contributed by atoms with Gasteiger partial charge in [0.15, 0.2) is 0 Å². The molecule has 1 aliphatic rings. The molecule has 0 saturated carbocycles. The molecule has 2 rings (SSSR count). The molecule has 1 saturated heterocycles. The Bertz CT molecular complexity index is 419. The van der Waals surface area contributed by atoms with Crippen LogP contribution in [0.3, 0.4) is 0 Å². The van der Waals surface area contributed by atoms with Crippen molar-refractivity contribution in [3.63, 3.8) is 0 Å².